The van der Waals surface area contributed by atoms with Gasteiger partial charge in [-0.25, -0.2) is 22.7 Å². The summed E-state index contributed by atoms with van der Waals surface area (Å²) in [6.45, 7) is 16.4. The molecule has 21 N–H and O–H groups in total. The van der Waals surface area contributed by atoms with Crippen LogP contribution < -0.4 is 77.3 Å². The van der Waals surface area contributed by atoms with Crippen molar-refractivity contribution in [3.05, 3.63) is 152 Å². The third-order valence-corrected chi connectivity index (χ3v) is 30.0. The van der Waals surface area contributed by atoms with Gasteiger partial charge in [0, 0.05) is 55.8 Å². The van der Waals surface area contributed by atoms with E-state index in [2.05, 4.69) is 52.6 Å². The van der Waals surface area contributed by atoms with Crippen molar-refractivity contribution in [1.29, 1.82) is 0 Å². The van der Waals surface area contributed by atoms with E-state index in [-0.39, 0.29) is 86.7 Å². The average Bonchev–Trinajstić information content (AvgIpc) is 1.55. The van der Waals surface area contributed by atoms with Crippen LogP contribution in [0.15, 0.2) is 102 Å². The number of hydrogen-bond acceptors (Lipinski definition) is 31. The standard InChI is InChI=1S/C101H128Cl2N12O30S/c1-13-14-15-28-137-55-19-21-56(22-20-55)146(135,136)106-27-26-105-43-59-65(117)40-58-73-57-35-49(16-23-60(57)101(133,134)74(59)73)76-90(126)113-80(94(130)111-78(58)92(128)108-75-52-31-47-30-48(33-52)34-53(75)32-47)82(120)51-18-25-67(62(103)37-51)140-69-39-54-38-68(85(69)143-95-86(84(122)83(121)70(44-116)141-95)142-72-42-100(11,87(123)46(4)138-72)114-96(131)144-98(5,6)7)139-66-24-17-50(36-61(66)102)81(119)79(93(129)107-63(41-71(104)118)88(124)109-77(54)91(127)110-76)112-89(125)64(29-45(2)3)115(12)97(132)145-99(8,9)10/h16-25,35-40,45-48,52-53,63-64,70,72,75-84,86-87,95,105-106,116-117,119-123,133-134H,13-15,26-34,41-44H2,1-12H3,(H2,104,118)(H,107,129)(H,108,128)(H,109,124)(H,110,127)(H,111,130)(H,112,125)(H,113,126)(H,114,131)/t46-,47?,48?,52?,53?,63-,64+,70+,72-,75?,76+,77+,78-,79+,80-,81+,82+,83+,84-,86+,87+,95-,100-/m0/s1. The van der Waals surface area contributed by atoms with Crippen LogP contribution in [0.2, 0.25) is 10.0 Å². The Morgan fingerprint density at radius 3 is 1.90 bits per heavy atom. The Balaban J connectivity index is 0.898. The van der Waals surface area contributed by atoms with Gasteiger partial charge in [0.25, 0.3) is 0 Å². The van der Waals surface area contributed by atoms with Gasteiger partial charge in [-0.2, -0.15) is 0 Å². The van der Waals surface area contributed by atoms with Crippen molar-refractivity contribution >= 4 is 92.7 Å². The molecular weight excluding hydrogens is 1960 g/mol. The maximum atomic E-state index is 16.9. The number of likely N-dealkylation sites (N-methyl/N-ethyl adjacent to an activating group) is 1. The minimum absolute atomic E-state index is 0.0156. The molecule has 6 fully saturated rings. The summed E-state index contributed by atoms with van der Waals surface area (Å²) in [6, 6.07) is 3.82. The molecule has 7 heterocycles. The topological polar surface area (TPSA) is 620 Å². The summed E-state index contributed by atoms with van der Waals surface area (Å²) < 4.78 is 86.7. The summed E-state index contributed by atoms with van der Waals surface area (Å²) in [5, 5.41) is 135. The molecule has 2 saturated heterocycles. The second kappa shape index (κ2) is 43.8. The number of nitrogens with two attached hydrogens (primary N) is 1. The summed E-state index contributed by atoms with van der Waals surface area (Å²) in [5.74, 6) is -16.4. The highest BCUT2D eigenvalue weighted by Gasteiger charge is 2.56. The number of ether oxygens (including phenoxy) is 9. The van der Waals surface area contributed by atoms with E-state index in [4.69, 9.17) is 71.6 Å². The number of aromatic hydroxyl groups is 1. The fourth-order valence-electron chi connectivity index (χ4n) is 21.0. The zero-order valence-corrected chi connectivity index (χ0v) is 84.9. The van der Waals surface area contributed by atoms with Crippen molar-refractivity contribution in [2.75, 3.05) is 33.4 Å². The van der Waals surface area contributed by atoms with Crippen molar-refractivity contribution < 1.29 is 145 Å². The van der Waals surface area contributed by atoms with E-state index in [0.717, 1.165) is 111 Å². The molecule has 18 atom stereocenters. The SMILES string of the molecule is CCCCCOc1ccc(S(=O)(=O)NCCNCc2c(O)cc3c4c2C(O)(O)c2ccc(cc2-4)[C@H]2NC(=O)[C@@H]4NC(=O)[C@H](CC(N)=O)NC(=O)[C@H](NC(=O)[C@@H](CC(C)C)N(C)C(=O)OC(C)(C)C)[C@H](O)c5ccc(c(Cl)c5)Oc5cc4cc(c5O[C@@H]4O[C@H](CO)[C@@H](O)[C@H](O)[C@H]4O[C@H]4C[C@](C)(NC(=O)OC(C)(C)C)[C@H](O)[C@H](C)O4)Oc4ccc(cc4Cl)[C@@H](O)[C@H](NC2=O)C(=O)N[C@@H]3C(=O)NC2C3CC4CC(C3)CC2C4)cc1. The average molecular weight is 2090 g/mol. The molecule has 5 aliphatic carbocycles. The zero-order chi connectivity index (χ0) is 106. The van der Waals surface area contributed by atoms with Crippen LogP contribution in [0.25, 0.3) is 11.1 Å². The summed E-state index contributed by atoms with van der Waals surface area (Å²) in [4.78, 5) is 154. The van der Waals surface area contributed by atoms with Crippen molar-refractivity contribution in [1.82, 2.24) is 57.5 Å². The van der Waals surface area contributed by atoms with Crippen molar-refractivity contribution in [3.8, 4) is 51.4 Å². The molecule has 12 aliphatic rings. The molecule has 10 amide bonds. The van der Waals surface area contributed by atoms with Gasteiger partial charge in [0.05, 0.1) is 46.2 Å². The Kier molecular flexibility index (Phi) is 32.7. The number of carbonyl (C=O) groups excluding carboxylic acids is 10. The number of nitrogens with one attached hydrogen (secondary N) is 10. The first kappa shape index (κ1) is 109. The third kappa shape index (κ3) is 23.8. The van der Waals surface area contributed by atoms with Gasteiger partial charge < -0.3 is 142 Å². The maximum Gasteiger partial charge on any atom is 0.410 e. The van der Waals surface area contributed by atoms with Gasteiger partial charge in [-0.15, -0.1) is 0 Å². The second-order valence-corrected chi connectivity index (χ2v) is 44.3. The minimum Gasteiger partial charge on any atom is -0.508 e. The first-order valence-electron chi connectivity index (χ1n) is 48.9. The predicted molar refractivity (Wildman–Crippen MR) is 521 cm³/mol. The number of halogens is 2. The van der Waals surface area contributed by atoms with Crippen LogP contribution in [0.1, 0.15) is 222 Å². The quantitative estimate of drug-likeness (QED) is 0.0211. The Morgan fingerprint density at radius 1 is 0.685 bits per heavy atom. The fourth-order valence-corrected chi connectivity index (χ4v) is 22.5. The van der Waals surface area contributed by atoms with Crippen molar-refractivity contribution in [2.24, 2.45) is 35.3 Å². The number of nitrogens with zero attached hydrogens (tertiary/aromatic N) is 1. The van der Waals surface area contributed by atoms with Gasteiger partial charge >= 0.3 is 12.2 Å². The lowest BCUT2D eigenvalue weighted by Gasteiger charge is -2.54. The van der Waals surface area contributed by atoms with Gasteiger partial charge in [-0.05, 0) is 242 Å². The lowest BCUT2D eigenvalue weighted by molar-refractivity contribution is -0.334. The number of amides is 10. The molecule has 18 rings (SSSR count). The lowest BCUT2D eigenvalue weighted by Crippen LogP contribution is -2.66. The van der Waals surface area contributed by atoms with Crippen LogP contribution in [-0.4, -0.2) is 248 Å². The number of unbranched alkanes of at least 4 members (excludes halogenated alkanes) is 2. The summed E-state index contributed by atoms with van der Waals surface area (Å²) in [6.07, 6.45) is -15.8. The van der Waals surface area contributed by atoms with E-state index in [1.165, 1.54) is 63.4 Å². The number of benzene rings is 6. The van der Waals surface area contributed by atoms with Crippen LogP contribution >= 0.6 is 23.2 Å². The largest absolute Gasteiger partial charge is 0.508 e. The number of alkyl carbamates (subject to hydrolysis) is 1. The van der Waals surface area contributed by atoms with E-state index in [9.17, 15) is 68.8 Å². The number of hydrogen-bond donors (Lipinski definition) is 20. The number of phenolic OH excluding ortho intramolecular Hbond substituents is 1. The highest BCUT2D eigenvalue weighted by Crippen LogP contribution is 2.57. The number of carbonyl (C=O) groups is 10. The Labute approximate surface area is 852 Å². The number of phenols is 1. The van der Waals surface area contributed by atoms with Crippen LogP contribution in [0.4, 0.5) is 9.59 Å². The number of primary amides is 1. The van der Waals surface area contributed by atoms with E-state index >= 15 is 33.6 Å². The Morgan fingerprint density at radius 2 is 1.29 bits per heavy atom. The second-order valence-electron chi connectivity index (χ2n) is 41.7. The summed E-state index contributed by atoms with van der Waals surface area (Å²) in [5.41, 5.74) is -1.09. The molecule has 7 aliphatic heterocycles. The third-order valence-electron chi connectivity index (χ3n) is 27.9. The smallest absolute Gasteiger partial charge is 0.410 e. The predicted octanol–water partition coefficient (Wildman–Crippen LogP) is 5.90. The monoisotopic (exact) mass is 2090 g/mol. The Bertz CT molecular complexity index is 6060. The molecule has 0 unspecified atom stereocenters. The molecule has 146 heavy (non-hydrogen) atoms. The molecule has 0 radical (unpaired) electrons. The molecule has 792 valence electrons. The van der Waals surface area contributed by atoms with E-state index < -0.39 is 283 Å². The molecule has 15 bridgehead atoms. The number of rotatable bonds is 27. The van der Waals surface area contributed by atoms with E-state index in [1.807, 2.05) is 6.92 Å². The van der Waals surface area contributed by atoms with Gasteiger partial charge in [0.2, 0.25) is 75.1 Å². The van der Waals surface area contributed by atoms with E-state index in [1.54, 1.807) is 55.4 Å². The first-order chi connectivity index (χ1) is 68.8. The molecule has 6 aromatic rings. The van der Waals surface area contributed by atoms with Gasteiger partial charge in [-0.3, -0.25) is 43.3 Å². The number of fused-ring (bicyclic) bond motifs is 12. The van der Waals surface area contributed by atoms with Gasteiger partial charge in [0.15, 0.2) is 23.9 Å². The van der Waals surface area contributed by atoms with Crippen molar-refractivity contribution in [3.63, 3.8) is 0 Å². The molecule has 42 nitrogen and oxygen atoms in total. The first-order valence-corrected chi connectivity index (χ1v) is 51.1. The minimum atomic E-state index is -4.18. The molecular formula is C101H128Cl2N12O30S. The molecule has 4 saturated carbocycles. The van der Waals surface area contributed by atoms with Crippen LogP contribution in [0.3, 0.4) is 0 Å². The fraction of sp³-hybridized carbons (Fsp3) is 0.545. The summed E-state index contributed by atoms with van der Waals surface area (Å²) in [7, 11) is -2.91. The summed E-state index contributed by atoms with van der Waals surface area (Å²) >= 11 is 14.7. The molecule has 45 heteroatoms. The normalized spacial score (nSPS) is 28.5. The number of aliphatic hydroxyl groups excluding tert-OH is 6. The Hall–Kier alpha value is -11.4. The van der Waals surface area contributed by atoms with Crippen LogP contribution in [0, 0.1) is 29.6 Å². The highest BCUT2D eigenvalue weighted by molar-refractivity contribution is 7.89. The maximum absolute atomic E-state index is 16.9. The highest BCUT2D eigenvalue weighted by atomic mass is 35.5. The zero-order valence-electron chi connectivity index (χ0n) is 82.6. The molecule has 0 spiro atoms. The van der Waals surface area contributed by atoms with Crippen LogP contribution in [0.5, 0.6) is 40.2 Å². The van der Waals surface area contributed by atoms with Gasteiger partial charge in [0.1, 0.15) is 113 Å². The number of aliphatic hydroxyl groups is 8. The lowest BCUT2D eigenvalue weighted by atomic mass is 9.54. The van der Waals surface area contributed by atoms with E-state index in [0.29, 0.717) is 24.2 Å². The molecule has 6 aromatic carbocycles. The number of sulfonamides is 1. The van der Waals surface area contributed by atoms with Crippen molar-refractivity contribution in [2.45, 2.75) is 291 Å². The molecule has 0 aromatic heterocycles. The van der Waals surface area contributed by atoms with Crippen LogP contribution in [-0.2, 0) is 84.4 Å². The van der Waals surface area contributed by atoms with Gasteiger partial charge in [-0.1, -0.05) is 81.1 Å².